The number of unbranched alkanes of at least 4 members (excludes halogenated alkanes) is 11. The Labute approximate surface area is 381 Å². The van der Waals surface area contributed by atoms with Gasteiger partial charge in [-0.3, -0.25) is 14.4 Å². The molecule has 0 saturated heterocycles. The molecule has 0 aliphatic carbocycles. The lowest BCUT2D eigenvalue weighted by atomic mass is 10.0. The summed E-state index contributed by atoms with van der Waals surface area (Å²) >= 11 is 0. The summed E-state index contributed by atoms with van der Waals surface area (Å²) in [7, 11) is 0. The van der Waals surface area contributed by atoms with Crippen molar-refractivity contribution in [2.24, 2.45) is 5.73 Å². The number of hydrogen-bond donors (Lipinski definition) is 3. The number of nitrogens with one attached hydrogen (secondary N) is 2. The molecule has 0 aliphatic heterocycles. The Balaban J connectivity index is 4.80. The minimum absolute atomic E-state index is 0.00432. The van der Waals surface area contributed by atoms with E-state index in [1.165, 1.54) is 19.3 Å². The lowest BCUT2D eigenvalue weighted by Gasteiger charge is -2.29. The Bertz CT molecular complexity index is 1330. The number of hydrogen-bond acceptors (Lipinski definition) is 11. The molecule has 368 valence electrons. The van der Waals surface area contributed by atoms with E-state index >= 15 is 0 Å². The van der Waals surface area contributed by atoms with Crippen molar-refractivity contribution in [1.82, 2.24) is 20.4 Å². The molecule has 0 bridgehead atoms. The Hall–Kier alpha value is -3.62. The number of nitrogens with zero attached hydrogens (tertiary/aromatic N) is 2. The van der Waals surface area contributed by atoms with Gasteiger partial charge in [0.25, 0.3) is 0 Å². The molecule has 0 heterocycles. The second-order valence-electron chi connectivity index (χ2n) is 20.7. The van der Waals surface area contributed by atoms with Crippen molar-refractivity contribution in [3.05, 3.63) is 0 Å². The highest BCUT2D eigenvalue weighted by Crippen LogP contribution is 2.17. The summed E-state index contributed by atoms with van der Waals surface area (Å²) in [4.78, 5) is 79.8. The lowest BCUT2D eigenvalue weighted by molar-refractivity contribution is -0.159. The van der Waals surface area contributed by atoms with Crippen LogP contribution >= 0.6 is 0 Å². The predicted molar refractivity (Wildman–Crippen MR) is 249 cm³/mol. The van der Waals surface area contributed by atoms with Gasteiger partial charge in [-0.1, -0.05) is 57.8 Å². The fraction of sp³-hybridized carbons (Fsp3) is 0.875. The lowest BCUT2D eigenvalue weighted by Crippen LogP contribution is -2.44. The topological polar surface area (TPSA) is 196 Å². The summed E-state index contributed by atoms with van der Waals surface area (Å²) in [6.45, 7) is 24.3. The van der Waals surface area contributed by atoms with E-state index in [0.717, 1.165) is 44.9 Å². The summed E-state index contributed by atoms with van der Waals surface area (Å²) in [5.74, 6) is -1.22. The van der Waals surface area contributed by atoms with Gasteiger partial charge in [0.05, 0.1) is 0 Å². The molecule has 0 rings (SSSR count). The van der Waals surface area contributed by atoms with Gasteiger partial charge in [-0.2, -0.15) is 0 Å². The molecule has 63 heavy (non-hydrogen) atoms. The van der Waals surface area contributed by atoms with E-state index < -0.39 is 46.6 Å². The SMILES string of the molecule is CC(C)(C)OC(=O)CCCCCCCCCCCCCC(=O)NC(CCC(=O)NCCCN(CCCCN(CCCN)C(=O)OC(C)(C)C)C(=O)OC(C)(C)C)C(=O)OC(C)(C)C. The molecule has 0 radical (unpaired) electrons. The standard InChI is InChI=1S/C48H91N5O10/c1-45(2,3)60-41(56)29-23-21-19-17-15-13-14-16-18-20-22-28-40(55)51-38(42(57)61-46(4,5)6)30-31-39(54)50-33-27-37-53(44(59)63-48(10,11)12)35-25-24-34-52(36-26-32-49)43(58)62-47(7,8)9/h38H,13-37,49H2,1-12H3,(H,50,54)(H,51,55). The largest absolute Gasteiger partial charge is 0.460 e. The van der Waals surface area contributed by atoms with E-state index in [2.05, 4.69) is 10.6 Å². The monoisotopic (exact) mass is 898 g/mol. The van der Waals surface area contributed by atoms with Gasteiger partial charge in [0.1, 0.15) is 28.4 Å². The number of esters is 2. The summed E-state index contributed by atoms with van der Waals surface area (Å²) < 4.78 is 22.1. The van der Waals surface area contributed by atoms with Crippen LogP contribution in [0.2, 0.25) is 0 Å². The van der Waals surface area contributed by atoms with Crippen LogP contribution in [0.1, 0.15) is 205 Å². The first-order valence-corrected chi connectivity index (χ1v) is 23.9. The maximum absolute atomic E-state index is 13.1. The fourth-order valence-electron chi connectivity index (χ4n) is 6.42. The van der Waals surface area contributed by atoms with Gasteiger partial charge in [-0.15, -0.1) is 0 Å². The van der Waals surface area contributed by atoms with Gasteiger partial charge in [-0.05, 0) is 135 Å². The average molecular weight is 898 g/mol. The number of ether oxygens (including phenoxy) is 4. The molecule has 15 heteroatoms. The van der Waals surface area contributed by atoms with Crippen molar-refractivity contribution in [3.8, 4) is 0 Å². The van der Waals surface area contributed by atoms with Crippen LogP contribution < -0.4 is 16.4 Å². The zero-order valence-electron chi connectivity index (χ0n) is 41.8. The molecule has 0 fully saturated rings. The second-order valence-corrected chi connectivity index (χ2v) is 20.7. The highest BCUT2D eigenvalue weighted by molar-refractivity contribution is 5.85. The third-order valence-electron chi connectivity index (χ3n) is 9.36. The summed E-state index contributed by atoms with van der Waals surface area (Å²) in [5, 5.41) is 5.68. The number of amides is 4. The molecule has 0 aromatic heterocycles. The van der Waals surface area contributed by atoms with Crippen molar-refractivity contribution in [1.29, 1.82) is 0 Å². The quantitative estimate of drug-likeness (QED) is 0.0341. The normalized spacial score (nSPS) is 12.5. The average Bonchev–Trinajstić information content (AvgIpc) is 3.12. The van der Waals surface area contributed by atoms with Gasteiger partial charge in [0.15, 0.2) is 0 Å². The summed E-state index contributed by atoms with van der Waals surface area (Å²) in [6, 6.07) is -0.955. The van der Waals surface area contributed by atoms with Crippen LogP contribution in [0, 0.1) is 0 Å². The predicted octanol–water partition coefficient (Wildman–Crippen LogP) is 9.12. The Kier molecular flexibility index (Phi) is 29.5. The van der Waals surface area contributed by atoms with E-state index in [1.54, 1.807) is 51.3 Å². The highest BCUT2D eigenvalue weighted by Gasteiger charge is 2.28. The fourth-order valence-corrected chi connectivity index (χ4v) is 6.42. The summed E-state index contributed by atoms with van der Waals surface area (Å²) in [6.07, 6.45) is 13.9. The van der Waals surface area contributed by atoms with Crippen LogP contribution in [0.5, 0.6) is 0 Å². The highest BCUT2D eigenvalue weighted by atomic mass is 16.6. The molecule has 0 aliphatic rings. The Morgan fingerprint density at radius 2 is 0.857 bits per heavy atom. The second kappa shape index (κ2) is 31.3. The third kappa shape index (κ3) is 36.4. The first kappa shape index (κ1) is 59.4. The van der Waals surface area contributed by atoms with Crippen molar-refractivity contribution in [3.63, 3.8) is 0 Å². The zero-order valence-corrected chi connectivity index (χ0v) is 41.8. The van der Waals surface area contributed by atoms with E-state index in [1.807, 2.05) is 41.5 Å². The molecule has 4 N–H and O–H groups in total. The van der Waals surface area contributed by atoms with Crippen molar-refractivity contribution >= 4 is 35.9 Å². The van der Waals surface area contributed by atoms with Gasteiger partial charge >= 0.3 is 24.1 Å². The first-order chi connectivity index (χ1) is 29.2. The van der Waals surface area contributed by atoms with Crippen molar-refractivity contribution in [2.45, 2.75) is 234 Å². The van der Waals surface area contributed by atoms with Crippen LogP contribution in [-0.4, -0.2) is 113 Å². The number of carbonyl (C=O) groups is 6. The first-order valence-electron chi connectivity index (χ1n) is 23.9. The van der Waals surface area contributed by atoms with Gasteiger partial charge in [-0.25, -0.2) is 14.4 Å². The number of rotatable bonds is 31. The molecule has 15 nitrogen and oxygen atoms in total. The maximum Gasteiger partial charge on any atom is 0.410 e. The van der Waals surface area contributed by atoms with E-state index in [-0.39, 0.29) is 30.6 Å². The number of carbonyl (C=O) groups excluding carboxylic acids is 6. The molecular formula is C48H91N5O10. The maximum atomic E-state index is 13.1. The van der Waals surface area contributed by atoms with Crippen molar-refractivity contribution < 1.29 is 47.7 Å². The van der Waals surface area contributed by atoms with E-state index in [0.29, 0.717) is 84.2 Å². The zero-order chi connectivity index (χ0) is 48.1. The minimum atomic E-state index is -0.955. The van der Waals surface area contributed by atoms with Gasteiger partial charge in [0.2, 0.25) is 11.8 Å². The van der Waals surface area contributed by atoms with E-state index in [4.69, 9.17) is 24.7 Å². The van der Waals surface area contributed by atoms with Crippen LogP contribution in [0.25, 0.3) is 0 Å². The molecule has 1 unspecified atom stereocenters. The smallest absolute Gasteiger partial charge is 0.410 e. The van der Waals surface area contributed by atoms with E-state index in [9.17, 15) is 28.8 Å². The van der Waals surface area contributed by atoms with Crippen LogP contribution in [0.15, 0.2) is 0 Å². The molecule has 0 saturated carbocycles. The van der Waals surface area contributed by atoms with Crippen LogP contribution in [0.4, 0.5) is 9.59 Å². The molecule has 0 spiro atoms. The van der Waals surface area contributed by atoms with Crippen molar-refractivity contribution in [2.75, 3.05) is 39.3 Å². The summed E-state index contributed by atoms with van der Waals surface area (Å²) in [5.41, 5.74) is 3.20. The molecule has 4 amide bonds. The van der Waals surface area contributed by atoms with Crippen LogP contribution in [0.3, 0.4) is 0 Å². The molecule has 0 aromatic carbocycles. The molecular weight excluding hydrogens is 807 g/mol. The Morgan fingerprint density at radius 1 is 0.460 bits per heavy atom. The molecule has 1 atom stereocenters. The van der Waals surface area contributed by atoms with Crippen LogP contribution in [-0.2, 0) is 38.1 Å². The minimum Gasteiger partial charge on any atom is -0.460 e. The molecule has 0 aromatic rings. The van der Waals surface area contributed by atoms with Gasteiger partial charge in [0, 0.05) is 52.0 Å². The number of nitrogens with two attached hydrogens (primary N) is 1. The van der Waals surface area contributed by atoms with Gasteiger partial charge < -0.3 is 45.1 Å². The Morgan fingerprint density at radius 3 is 1.29 bits per heavy atom. The third-order valence-corrected chi connectivity index (χ3v) is 9.36.